The Morgan fingerprint density at radius 1 is 1.21 bits per heavy atom. The predicted octanol–water partition coefficient (Wildman–Crippen LogP) is 0.576. The molecule has 3 aromatic rings. The Labute approximate surface area is 160 Å². The molecule has 0 radical (unpaired) electrons. The fourth-order valence-corrected chi connectivity index (χ4v) is 2.45. The van der Waals surface area contributed by atoms with Gasteiger partial charge in [-0.2, -0.15) is 20.0 Å². The zero-order valence-electron chi connectivity index (χ0n) is 15.0. The van der Waals surface area contributed by atoms with Crippen molar-refractivity contribution in [1.29, 1.82) is 0 Å². The summed E-state index contributed by atoms with van der Waals surface area (Å²) in [4.78, 5) is 32.9. The van der Waals surface area contributed by atoms with Gasteiger partial charge in [0.2, 0.25) is 11.9 Å². The van der Waals surface area contributed by atoms with Gasteiger partial charge >= 0.3 is 0 Å². The number of nitrogens with zero attached hydrogens (tertiary/aromatic N) is 5. The number of aromatic nitrogens is 5. The molecule has 0 spiro atoms. The Kier molecular flexibility index (Phi) is 5.44. The molecule has 0 unspecified atom stereocenters. The van der Waals surface area contributed by atoms with E-state index in [1.807, 2.05) is 6.07 Å². The van der Waals surface area contributed by atoms with Crippen LogP contribution in [0.25, 0.3) is 5.69 Å². The molecule has 11 heteroatoms. The van der Waals surface area contributed by atoms with E-state index in [2.05, 4.69) is 30.8 Å². The Balaban J connectivity index is 1.91. The number of carbonyl (C=O) groups is 2. The Hall–Kier alpha value is -4.02. The van der Waals surface area contributed by atoms with Crippen molar-refractivity contribution in [1.82, 2.24) is 25.0 Å². The van der Waals surface area contributed by atoms with E-state index in [1.165, 1.54) is 11.0 Å². The topological polar surface area (TPSA) is 167 Å². The second-order valence-corrected chi connectivity index (χ2v) is 5.82. The summed E-state index contributed by atoms with van der Waals surface area (Å²) in [5.74, 6) is -0.891. The van der Waals surface area contributed by atoms with Gasteiger partial charge in [-0.15, -0.1) is 0 Å². The van der Waals surface area contributed by atoms with E-state index in [9.17, 15) is 9.59 Å². The van der Waals surface area contributed by atoms with Crippen molar-refractivity contribution < 1.29 is 9.59 Å². The maximum Gasteiger partial charge on any atom is 0.254 e. The van der Waals surface area contributed by atoms with Crippen LogP contribution >= 0.6 is 0 Å². The minimum atomic E-state index is -0.694. The summed E-state index contributed by atoms with van der Waals surface area (Å²) < 4.78 is 0. The Morgan fingerprint density at radius 2 is 1.96 bits per heavy atom. The lowest BCUT2D eigenvalue weighted by Gasteiger charge is -2.15. The fourth-order valence-electron chi connectivity index (χ4n) is 2.45. The van der Waals surface area contributed by atoms with Crippen LogP contribution in [0.4, 0.5) is 17.5 Å². The van der Waals surface area contributed by atoms with Gasteiger partial charge in [0.25, 0.3) is 5.91 Å². The van der Waals surface area contributed by atoms with Gasteiger partial charge in [0.15, 0.2) is 0 Å². The molecule has 0 saturated carbocycles. The fraction of sp³-hybridized carbons (Fsp3) is 0.176. The largest absolute Gasteiger partial charge is 0.368 e. The van der Waals surface area contributed by atoms with E-state index < -0.39 is 17.9 Å². The minimum absolute atomic E-state index is 0.0975. The summed E-state index contributed by atoms with van der Waals surface area (Å²) in [6, 6.07) is 6.54. The lowest BCUT2D eigenvalue weighted by Crippen LogP contribution is -2.35. The Bertz CT molecular complexity index is 988. The van der Waals surface area contributed by atoms with Crippen LogP contribution in [0, 0.1) is 0 Å². The van der Waals surface area contributed by atoms with Crippen molar-refractivity contribution in [3.63, 3.8) is 0 Å². The van der Waals surface area contributed by atoms with Crippen LogP contribution in [0.2, 0.25) is 0 Å². The molecule has 2 aromatic heterocycles. The number of anilines is 3. The van der Waals surface area contributed by atoms with Gasteiger partial charge in [-0.05, 0) is 24.6 Å². The van der Waals surface area contributed by atoms with Gasteiger partial charge in [-0.3, -0.25) is 9.59 Å². The van der Waals surface area contributed by atoms with Crippen LogP contribution in [0.15, 0.2) is 42.9 Å². The molecule has 28 heavy (non-hydrogen) atoms. The highest BCUT2D eigenvalue weighted by Gasteiger charge is 2.17. The molecule has 1 atom stereocenters. The van der Waals surface area contributed by atoms with Crippen LogP contribution < -0.4 is 22.1 Å². The third kappa shape index (κ3) is 4.20. The van der Waals surface area contributed by atoms with E-state index in [-0.39, 0.29) is 17.3 Å². The molecule has 11 nitrogen and oxygen atoms in total. The summed E-state index contributed by atoms with van der Waals surface area (Å²) in [7, 11) is 0. The number of nitrogens with two attached hydrogens (primary N) is 2. The molecular weight excluding hydrogens is 362 g/mol. The average molecular weight is 381 g/mol. The van der Waals surface area contributed by atoms with Crippen LogP contribution in [-0.4, -0.2) is 42.8 Å². The molecule has 6 N–H and O–H groups in total. The van der Waals surface area contributed by atoms with E-state index >= 15 is 0 Å². The zero-order valence-corrected chi connectivity index (χ0v) is 15.0. The summed E-state index contributed by atoms with van der Waals surface area (Å²) in [5, 5.41) is 14.0. The molecule has 1 aromatic carbocycles. The quantitative estimate of drug-likeness (QED) is 0.439. The molecule has 2 heterocycles. The standard InChI is InChI=1S/C17H19N9O2/c1-2-13(15(19)28)24-17-20-9-12(14(18)27)16(25-17)23-10-4-3-5-11(8-10)26-21-6-7-22-26/h3-9,13H,2H2,1H3,(H2,18,27)(H2,19,28)(H2,20,23,24,25)/t13-/m1/s1. The maximum atomic E-state index is 11.7. The maximum absolute atomic E-state index is 11.7. The van der Waals surface area contributed by atoms with Gasteiger partial charge in [-0.25, -0.2) is 4.98 Å². The van der Waals surface area contributed by atoms with E-state index in [1.54, 1.807) is 37.5 Å². The first-order valence-corrected chi connectivity index (χ1v) is 8.44. The number of amides is 2. The molecule has 0 saturated heterocycles. The van der Waals surface area contributed by atoms with Crippen LogP contribution in [0.5, 0.6) is 0 Å². The smallest absolute Gasteiger partial charge is 0.254 e. The van der Waals surface area contributed by atoms with E-state index in [0.717, 1.165) is 0 Å². The molecule has 3 rings (SSSR count). The van der Waals surface area contributed by atoms with Crippen molar-refractivity contribution in [2.45, 2.75) is 19.4 Å². The molecule has 0 aliphatic heterocycles. The van der Waals surface area contributed by atoms with E-state index in [4.69, 9.17) is 11.5 Å². The first-order chi connectivity index (χ1) is 13.5. The SMILES string of the molecule is CC[C@@H](Nc1ncc(C(N)=O)c(Nc2cccc(-n3nccn3)c2)n1)C(N)=O. The summed E-state index contributed by atoms with van der Waals surface area (Å²) in [5.41, 5.74) is 12.2. The van der Waals surface area contributed by atoms with Crippen molar-refractivity contribution in [2.75, 3.05) is 10.6 Å². The van der Waals surface area contributed by atoms with Crippen LogP contribution in [0.1, 0.15) is 23.7 Å². The molecule has 144 valence electrons. The number of hydrogen-bond donors (Lipinski definition) is 4. The highest BCUT2D eigenvalue weighted by atomic mass is 16.1. The highest BCUT2D eigenvalue weighted by molar-refractivity contribution is 5.98. The molecule has 2 amide bonds. The van der Waals surface area contributed by atoms with E-state index in [0.29, 0.717) is 17.8 Å². The molecule has 0 aliphatic rings. The van der Waals surface area contributed by atoms with Gasteiger partial charge in [-0.1, -0.05) is 13.0 Å². The van der Waals surface area contributed by atoms with Crippen LogP contribution in [-0.2, 0) is 4.79 Å². The average Bonchev–Trinajstić information content (AvgIpc) is 3.21. The third-order valence-corrected chi connectivity index (χ3v) is 3.87. The lowest BCUT2D eigenvalue weighted by atomic mass is 10.2. The predicted molar refractivity (Wildman–Crippen MR) is 102 cm³/mol. The van der Waals surface area contributed by atoms with Crippen molar-refractivity contribution in [3.05, 3.63) is 48.4 Å². The second-order valence-electron chi connectivity index (χ2n) is 5.82. The van der Waals surface area contributed by atoms with Crippen molar-refractivity contribution in [2.24, 2.45) is 11.5 Å². The zero-order chi connectivity index (χ0) is 20.1. The Morgan fingerprint density at radius 3 is 2.61 bits per heavy atom. The van der Waals surface area contributed by atoms with Gasteiger partial charge in [0.1, 0.15) is 17.4 Å². The number of rotatable bonds is 8. The molecular formula is C17H19N9O2. The third-order valence-electron chi connectivity index (χ3n) is 3.87. The number of primary amides is 2. The van der Waals surface area contributed by atoms with Crippen molar-refractivity contribution >= 4 is 29.3 Å². The van der Waals surface area contributed by atoms with Gasteiger partial charge < -0.3 is 22.1 Å². The van der Waals surface area contributed by atoms with Crippen LogP contribution in [0.3, 0.4) is 0 Å². The molecule has 0 fully saturated rings. The lowest BCUT2D eigenvalue weighted by molar-refractivity contribution is -0.118. The molecule has 0 aliphatic carbocycles. The second kappa shape index (κ2) is 8.12. The normalized spacial score (nSPS) is 11.6. The molecule has 0 bridgehead atoms. The summed E-state index contributed by atoms with van der Waals surface area (Å²) in [6.45, 7) is 1.80. The minimum Gasteiger partial charge on any atom is -0.368 e. The number of hydrogen-bond acceptors (Lipinski definition) is 8. The number of carbonyl (C=O) groups excluding carboxylic acids is 2. The highest BCUT2D eigenvalue weighted by Crippen LogP contribution is 2.21. The van der Waals surface area contributed by atoms with Gasteiger partial charge in [0.05, 0.1) is 18.1 Å². The summed E-state index contributed by atoms with van der Waals surface area (Å²) in [6.07, 6.45) is 4.87. The summed E-state index contributed by atoms with van der Waals surface area (Å²) >= 11 is 0. The monoisotopic (exact) mass is 381 g/mol. The first kappa shape index (κ1) is 18.8. The number of nitrogens with one attached hydrogen (secondary N) is 2. The number of benzene rings is 1. The first-order valence-electron chi connectivity index (χ1n) is 8.44. The van der Waals surface area contributed by atoms with Crippen molar-refractivity contribution in [3.8, 4) is 5.69 Å². The van der Waals surface area contributed by atoms with Gasteiger partial charge in [0, 0.05) is 11.9 Å².